The summed E-state index contributed by atoms with van der Waals surface area (Å²) in [5.74, 6) is 0.976. The number of anilines is 2. The van der Waals surface area contributed by atoms with Crippen molar-refractivity contribution in [2.24, 2.45) is 7.05 Å². The van der Waals surface area contributed by atoms with E-state index < -0.39 is 0 Å². The first-order valence-corrected chi connectivity index (χ1v) is 14.9. The average Bonchev–Trinajstić information content (AvgIpc) is 3.39. The van der Waals surface area contributed by atoms with Crippen molar-refractivity contribution in [1.29, 1.82) is 0 Å². The van der Waals surface area contributed by atoms with Gasteiger partial charge in [0.1, 0.15) is 5.65 Å². The first-order chi connectivity index (χ1) is 20.2. The standard InChI is InChI=1S/C32H33Cl2N7O/c1-19(2)41-30-23(14-25(31(41)42)29-26(33)15-22(16-27(29)34)28-11-12-36-40(28)4)17-35-32(38-30)37-24-9-7-20(8-10-24)21-6-5-13-39(3)18-21/h7-12,14-17,19,21H,5-6,13,18H2,1-4H3,(H,35,37,38). The molecule has 1 N–H and O–H groups in total. The number of hydrogen-bond donors (Lipinski definition) is 1. The summed E-state index contributed by atoms with van der Waals surface area (Å²) in [6.07, 6.45) is 5.87. The van der Waals surface area contributed by atoms with Crippen molar-refractivity contribution in [3.05, 3.63) is 86.9 Å². The van der Waals surface area contributed by atoms with E-state index in [9.17, 15) is 4.79 Å². The van der Waals surface area contributed by atoms with Crippen LogP contribution in [0.2, 0.25) is 10.0 Å². The van der Waals surface area contributed by atoms with Gasteiger partial charge in [-0.05, 0) is 88.2 Å². The molecule has 0 radical (unpaired) electrons. The number of hydrogen-bond acceptors (Lipinski definition) is 6. The third kappa shape index (κ3) is 5.42. The second-order valence-corrected chi connectivity index (χ2v) is 12.1. The van der Waals surface area contributed by atoms with Crippen molar-refractivity contribution in [1.82, 2.24) is 29.2 Å². The van der Waals surface area contributed by atoms with E-state index in [2.05, 4.69) is 51.6 Å². The van der Waals surface area contributed by atoms with Crippen LogP contribution in [0.3, 0.4) is 0 Å². The number of likely N-dealkylation sites (N-methyl/N-ethyl adjacent to an activating group) is 1. The molecule has 4 heterocycles. The Bertz CT molecular complexity index is 1800. The number of benzene rings is 2. The third-order valence-electron chi connectivity index (χ3n) is 7.98. The van der Waals surface area contributed by atoms with Gasteiger partial charge in [0.15, 0.2) is 0 Å². The molecule has 1 fully saturated rings. The van der Waals surface area contributed by atoms with Gasteiger partial charge in [0.2, 0.25) is 5.95 Å². The number of likely N-dealkylation sites (tertiary alicyclic amines) is 1. The van der Waals surface area contributed by atoms with E-state index >= 15 is 0 Å². The molecule has 216 valence electrons. The smallest absolute Gasteiger partial charge is 0.260 e. The minimum absolute atomic E-state index is 0.165. The van der Waals surface area contributed by atoms with Gasteiger partial charge >= 0.3 is 0 Å². The molecule has 0 saturated carbocycles. The maximum atomic E-state index is 13.9. The van der Waals surface area contributed by atoms with Crippen LogP contribution < -0.4 is 10.9 Å². The summed E-state index contributed by atoms with van der Waals surface area (Å²) >= 11 is 13.5. The number of aryl methyl sites for hydroxylation is 1. The van der Waals surface area contributed by atoms with E-state index in [1.165, 1.54) is 18.4 Å². The van der Waals surface area contributed by atoms with E-state index in [4.69, 9.17) is 28.2 Å². The summed E-state index contributed by atoms with van der Waals surface area (Å²) in [4.78, 5) is 25.7. The quantitative estimate of drug-likeness (QED) is 0.220. The number of rotatable bonds is 6. The van der Waals surface area contributed by atoms with Gasteiger partial charge in [-0.25, -0.2) is 4.98 Å². The Morgan fingerprint density at radius 2 is 1.76 bits per heavy atom. The number of piperidine rings is 1. The highest BCUT2D eigenvalue weighted by molar-refractivity contribution is 6.39. The van der Waals surface area contributed by atoms with Crippen LogP contribution in [0.25, 0.3) is 33.4 Å². The van der Waals surface area contributed by atoms with E-state index in [0.717, 1.165) is 30.0 Å². The molecule has 8 nitrogen and oxygen atoms in total. The van der Waals surface area contributed by atoms with Gasteiger partial charge < -0.3 is 10.2 Å². The van der Waals surface area contributed by atoms with Crippen molar-refractivity contribution < 1.29 is 0 Å². The zero-order chi connectivity index (χ0) is 29.5. The molecule has 1 aliphatic heterocycles. The molecule has 1 saturated heterocycles. The predicted molar refractivity (Wildman–Crippen MR) is 171 cm³/mol. The van der Waals surface area contributed by atoms with Gasteiger partial charge in [-0.3, -0.25) is 14.0 Å². The highest BCUT2D eigenvalue weighted by Gasteiger charge is 2.21. The van der Waals surface area contributed by atoms with Gasteiger partial charge in [-0.15, -0.1) is 0 Å². The lowest BCUT2D eigenvalue weighted by Crippen LogP contribution is -2.30. The monoisotopic (exact) mass is 601 g/mol. The summed E-state index contributed by atoms with van der Waals surface area (Å²) in [6.45, 7) is 6.16. The van der Waals surface area contributed by atoms with Crippen molar-refractivity contribution in [2.75, 3.05) is 25.5 Å². The summed E-state index contributed by atoms with van der Waals surface area (Å²) < 4.78 is 3.41. The van der Waals surface area contributed by atoms with Crippen LogP contribution >= 0.6 is 23.2 Å². The summed E-state index contributed by atoms with van der Waals surface area (Å²) in [7, 11) is 4.03. The molecule has 10 heteroatoms. The maximum Gasteiger partial charge on any atom is 0.260 e. The zero-order valence-corrected chi connectivity index (χ0v) is 25.6. The molecule has 0 bridgehead atoms. The molecule has 6 rings (SSSR count). The molecule has 5 aromatic rings. The van der Waals surface area contributed by atoms with Crippen molar-refractivity contribution >= 4 is 45.9 Å². The number of halogens is 2. The van der Waals surface area contributed by atoms with Crippen LogP contribution in [0.4, 0.5) is 11.6 Å². The summed E-state index contributed by atoms with van der Waals surface area (Å²) in [6, 6.07) is 15.6. The number of nitrogens with one attached hydrogen (secondary N) is 1. The average molecular weight is 603 g/mol. The Morgan fingerprint density at radius 1 is 1.02 bits per heavy atom. The SMILES string of the molecule is CC(C)n1c(=O)c(-c2c(Cl)cc(-c3ccnn3C)cc2Cl)cc2cnc(Nc3ccc(C4CCCN(C)C4)cc3)nc21. The molecule has 1 atom stereocenters. The van der Waals surface area contributed by atoms with Gasteiger partial charge in [0, 0.05) is 54.2 Å². The van der Waals surface area contributed by atoms with Crippen LogP contribution in [-0.4, -0.2) is 49.4 Å². The third-order valence-corrected chi connectivity index (χ3v) is 8.58. The highest BCUT2D eigenvalue weighted by atomic mass is 35.5. The molecule has 42 heavy (non-hydrogen) atoms. The molecule has 1 aliphatic rings. The van der Waals surface area contributed by atoms with Gasteiger partial charge in [0.25, 0.3) is 5.56 Å². The minimum atomic E-state index is -0.221. The maximum absolute atomic E-state index is 13.9. The molecule has 0 aliphatic carbocycles. The zero-order valence-electron chi connectivity index (χ0n) is 24.1. The predicted octanol–water partition coefficient (Wildman–Crippen LogP) is 7.30. The lowest BCUT2D eigenvalue weighted by molar-refractivity contribution is 0.251. The Labute approximate surface area is 254 Å². The number of nitrogens with zero attached hydrogens (tertiary/aromatic N) is 6. The molecule has 2 aromatic carbocycles. The minimum Gasteiger partial charge on any atom is -0.324 e. The summed E-state index contributed by atoms with van der Waals surface area (Å²) in [5, 5.41) is 9.02. The van der Waals surface area contributed by atoms with Crippen LogP contribution in [0.15, 0.2) is 65.7 Å². The number of pyridine rings is 1. The largest absolute Gasteiger partial charge is 0.324 e. The number of aromatic nitrogens is 5. The molecular weight excluding hydrogens is 569 g/mol. The van der Waals surface area contributed by atoms with Crippen LogP contribution in [-0.2, 0) is 7.05 Å². The number of fused-ring (bicyclic) bond motifs is 1. The first kappa shape index (κ1) is 28.4. The molecule has 0 amide bonds. The van der Waals surface area contributed by atoms with E-state index in [0.29, 0.717) is 44.1 Å². The second kappa shape index (κ2) is 11.5. The Kier molecular flexibility index (Phi) is 7.79. The lowest BCUT2D eigenvalue weighted by atomic mass is 9.91. The summed E-state index contributed by atoms with van der Waals surface area (Å²) in [5.41, 5.74) is 5.12. The van der Waals surface area contributed by atoms with Crippen LogP contribution in [0, 0.1) is 0 Å². The van der Waals surface area contributed by atoms with E-state index in [-0.39, 0.29) is 11.6 Å². The Morgan fingerprint density at radius 3 is 2.40 bits per heavy atom. The molecule has 3 aromatic heterocycles. The van der Waals surface area contributed by atoms with Crippen molar-refractivity contribution in [3.8, 4) is 22.4 Å². The van der Waals surface area contributed by atoms with Gasteiger partial charge in [0.05, 0.1) is 21.3 Å². The normalized spacial score (nSPS) is 15.9. The fourth-order valence-electron chi connectivity index (χ4n) is 5.88. The van der Waals surface area contributed by atoms with Gasteiger partial charge in [-0.2, -0.15) is 10.1 Å². The molecule has 0 spiro atoms. The van der Waals surface area contributed by atoms with Crippen molar-refractivity contribution in [2.45, 2.75) is 38.6 Å². The molecular formula is C32H33Cl2N7O. The highest BCUT2D eigenvalue weighted by Crippen LogP contribution is 2.38. The fourth-order valence-corrected chi connectivity index (χ4v) is 6.57. The van der Waals surface area contributed by atoms with Crippen molar-refractivity contribution in [3.63, 3.8) is 0 Å². The Balaban J connectivity index is 1.35. The van der Waals surface area contributed by atoms with Crippen LogP contribution in [0.5, 0.6) is 0 Å². The lowest BCUT2D eigenvalue weighted by Gasteiger charge is -2.30. The molecule has 1 unspecified atom stereocenters. The van der Waals surface area contributed by atoms with E-state index in [1.54, 1.807) is 27.7 Å². The first-order valence-electron chi connectivity index (χ1n) is 14.1. The van der Waals surface area contributed by atoms with Crippen LogP contribution in [0.1, 0.15) is 44.2 Å². The second-order valence-electron chi connectivity index (χ2n) is 11.3. The fraction of sp³-hybridized carbons (Fsp3) is 0.312. The topological polar surface area (TPSA) is 80.9 Å². The van der Waals surface area contributed by atoms with E-state index in [1.807, 2.05) is 39.1 Å². The van der Waals surface area contributed by atoms with Gasteiger partial charge in [-0.1, -0.05) is 35.3 Å². The Hall–Kier alpha value is -3.72.